The molecule has 0 unspecified atom stereocenters. The summed E-state index contributed by atoms with van der Waals surface area (Å²) in [5.74, 6) is -1.20. The third-order valence-corrected chi connectivity index (χ3v) is 8.19. The van der Waals surface area contributed by atoms with Crippen LogP contribution in [0.4, 0.5) is 8.78 Å². The van der Waals surface area contributed by atoms with Crippen LogP contribution in [-0.2, 0) is 19.6 Å². The molecule has 0 bridgehead atoms. The molecular formula is C32H27ClF2N4O3. The second kappa shape index (κ2) is 11.1. The van der Waals surface area contributed by atoms with Crippen LogP contribution in [0.15, 0.2) is 66.9 Å². The summed E-state index contributed by atoms with van der Waals surface area (Å²) in [5, 5.41) is 9.81. The van der Waals surface area contributed by atoms with E-state index in [2.05, 4.69) is 21.5 Å². The van der Waals surface area contributed by atoms with Crippen molar-refractivity contribution in [2.24, 2.45) is 5.41 Å². The number of imidazole rings is 1. The molecule has 3 aromatic carbocycles. The van der Waals surface area contributed by atoms with Crippen molar-refractivity contribution < 1.29 is 23.4 Å². The number of benzene rings is 3. The van der Waals surface area contributed by atoms with E-state index in [-0.39, 0.29) is 34.2 Å². The number of nitrogens with zero attached hydrogens (tertiary/aromatic N) is 4. The number of ether oxygens (including phenoxy) is 1. The van der Waals surface area contributed by atoms with Gasteiger partial charge in [0.05, 0.1) is 22.3 Å². The van der Waals surface area contributed by atoms with Gasteiger partial charge in [0.2, 0.25) is 0 Å². The van der Waals surface area contributed by atoms with Crippen molar-refractivity contribution in [3.05, 3.63) is 106 Å². The summed E-state index contributed by atoms with van der Waals surface area (Å²) in [5.41, 5.74) is 3.48. The monoisotopic (exact) mass is 588 g/mol. The van der Waals surface area contributed by atoms with Gasteiger partial charge in [-0.3, -0.25) is 0 Å². The molecule has 1 aliphatic rings. The van der Waals surface area contributed by atoms with Crippen molar-refractivity contribution in [1.82, 2.24) is 19.5 Å². The molecule has 0 saturated heterocycles. The molecule has 6 rings (SSSR count). The second-order valence-corrected chi connectivity index (χ2v) is 11.2. The third-order valence-electron chi connectivity index (χ3n) is 7.95. The highest BCUT2D eigenvalue weighted by Crippen LogP contribution is 2.50. The van der Waals surface area contributed by atoms with E-state index >= 15 is 4.39 Å². The lowest BCUT2D eigenvalue weighted by Gasteiger charge is -2.17. The Morgan fingerprint density at radius 1 is 1.05 bits per heavy atom. The Kier molecular flexibility index (Phi) is 7.36. The fourth-order valence-electron chi connectivity index (χ4n) is 5.15. The molecule has 214 valence electrons. The Hall–Kier alpha value is -4.37. The number of hydrogen-bond donors (Lipinski definition) is 1. The van der Waals surface area contributed by atoms with E-state index in [0.717, 1.165) is 42.7 Å². The maximum Gasteiger partial charge on any atom is 0.335 e. The van der Waals surface area contributed by atoms with Gasteiger partial charge in [0.1, 0.15) is 24.1 Å². The van der Waals surface area contributed by atoms with Crippen LogP contribution in [0.25, 0.3) is 22.3 Å². The maximum absolute atomic E-state index is 15.4. The first-order chi connectivity index (χ1) is 20.2. The highest BCUT2D eigenvalue weighted by molar-refractivity contribution is 6.30. The van der Waals surface area contributed by atoms with Crippen molar-refractivity contribution >= 4 is 28.6 Å². The van der Waals surface area contributed by atoms with E-state index < -0.39 is 17.6 Å². The van der Waals surface area contributed by atoms with E-state index in [1.54, 1.807) is 36.4 Å². The Balaban J connectivity index is 1.25. The van der Waals surface area contributed by atoms with Gasteiger partial charge in [-0.15, -0.1) is 0 Å². The molecule has 2 aromatic heterocycles. The van der Waals surface area contributed by atoms with E-state index in [9.17, 15) is 14.3 Å². The largest absolute Gasteiger partial charge is 0.478 e. The van der Waals surface area contributed by atoms with Gasteiger partial charge in [0.25, 0.3) is 0 Å². The van der Waals surface area contributed by atoms with E-state index in [1.807, 2.05) is 6.07 Å². The summed E-state index contributed by atoms with van der Waals surface area (Å²) in [6.07, 6.45) is 5.08. The number of halogens is 3. The fourth-order valence-corrected chi connectivity index (χ4v) is 5.31. The number of hydrogen-bond acceptors (Lipinski definition) is 5. The van der Waals surface area contributed by atoms with Gasteiger partial charge in [-0.05, 0) is 78.8 Å². The first kappa shape index (κ1) is 27.8. The predicted molar refractivity (Wildman–Crippen MR) is 155 cm³/mol. The second-order valence-electron chi connectivity index (χ2n) is 10.7. The molecule has 42 heavy (non-hydrogen) atoms. The van der Waals surface area contributed by atoms with Crippen LogP contribution >= 0.6 is 11.6 Å². The summed E-state index contributed by atoms with van der Waals surface area (Å²) < 4.78 is 37.2. The van der Waals surface area contributed by atoms with E-state index in [1.165, 1.54) is 24.4 Å². The molecule has 0 atom stereocenters. The molecule has 0 amide bonds. The quantitative estimate of drug-likeness (QED) is 0.182. The number of carboxylic acid groups (broad SMARTS) is 1. The molecule has 1 N–H and O–H groups in total. The zero-order valence-corrected chi connectivity index (χ0v) is 23.5. The molecule has 1 aliphatic carbocycles. The molecule has 2 heterocycles. The molecule has 0 aliphatic heterocycles. The number of carboxylic acids is 1. The molecule has 5 aromatic rings. The molecule has 0 spiro atoms. The first-order valence-electron chi connectivity index (χ1n) is 13.6. The number of aromatic carboxylic acids is 1. The smallest absolute Gasteiger partial charge is 0.335 e. The van der Waals surface area contributed by atoms with Crippen LogP contribution < -0.4 is 4.74 Å². The Labute approximate surface area is 245 Å². The van der Waals surface area contributed by atoms with E-state index in [0.29, 0.717) is 23.2 Å². The fraction of sp³-hybridized carbons (Fsp3) is 0.250. The van der Waals surface area contributed by atoms with Crippen LogP contribution in [0, 0.1) is 17.0 Å². The minimum atomic E-state index is -0.990. The zero-order valence-electron chi connectivity index (χ0n) is 22.8. The van der Waals surface area contributed by atoms with Crippen molar-refractivity contribution in [2.45, 2.75) is 45.8 Å². The van der Waals surface area contributed by atoms with Crippen LogP contribution in [0.2, 0.25) is 5.02 Å². The SMILES string of the molecule is CCC1(Cn2c(Cc3ccc(-c4ccnc(OCc5ccc(Cl)cc5F)n4)c(F)c3)nc3ccc(C(=O)O)cc32)CC1. The first-order valence-corrected chi connectivity index (χ1v) is 14.0. The normalized spacial score (nSPS) is 13.8. The molecule has 7 nitrogen and oxygen atoms in total. The number of rotatable bonds is 10. The zero-order chi connectivity index (χ0) is 29.4. The van der Waals surface area contributed by atoms with Crippen molar-refractivity contribution in [3.63, 3.8) is 0 Å². The molecule has 10 heteroatoms. The number of fused-ring (bicyclic) bond motifs is 1. The van der Waals surface area contributed by atoms with E-state index in [4.69, 9.17) is 21.3 Å². The average molecular weight is 589 g/mol. The lowest BCUT2D eigenvalue weighted by molar-refractivity contribution is 0.0697. The van der Waals surface area contributed by atoms with Gasteiger partial charge >= 0.3 is 12.0 Å². The highest BCUT2D eigenvalue weighted by atomic mass is 35.5. The molecule has 1 fully saturated rings. The van der Waals surface area contributed by atoms with Crippen molar-refractivity contribution in [1.29, 1.82) is 0 Å². The minimum Gasteiger partial charge on any atom is -0.478 e. The summed E-state index contributed by atoms with van der Waals surface area (Å²) in [7, 11) is 0. The minimum absolute atomic E-state index is 0.00953. The summed E-state index contributed by atoms with van der Waals surface area (Å²) in [4.78, 5) is 24.8. The Morgan fingerprint density at radius 2 is 1.88 bits per heavy atom. The lowest BCUT2D eigenvalue weighted by Crippen LogP contribution is -2.14. The maximum atomic E-state index is 15.4. The molecule has 1 saturated carbocycles. The Bertz CT molecular complexity index is 1820. The number of aromatic nitrogens is 4. The van der Waals surface area contributed by atoms with Crippen molar-refractivity contribution in [3.8, 4) is 17.3 Å². The number of carbonyl (C=O) groups is 1. The van der Waals surface area contributed by atoms with Crippen LogP contribution in [0.3, 0.4) is 0 Å². The summed E-state index contributed by atoms with van der Waals surface area (Å²) >= 11 is 5.80. The molecule has 0 radical (unpaired) electrons. The summed E-state index contributed by atoms with van der Waals surface area (Å²) in [6.45, 7) is 2.80. The predicted octanol–water partition coefficient (Wildman–Crippen LogP) is 7.48. The topological polar surface area (TPSA) is 90.1 Å². The Morgan fingerprint density at radius 3 is 2.60 bits per heavy atom. The van der Waals surface area contributed by atoms with Crippen LogP contribution in [0.5, 0.6) is 6.01 Å². The van der Waals surface area contributed by atoms with Gasteiger partial charge in [-0.1, -0.05) is 30.7 Å². The van der Waals surface area contributed by atoms with Gasteiger partial charge < -0.3 is 14.4 Å². The van der Waals surface area contributed by atoms with Crippen LogP contribution in [0.1, 0.15) is 53.5 Å². The van der Waals surface area contributed by atoms with Gasteiger partial charge in [-0.25, -0.2) is 23.5 Å². The van der Waals surface area contributed by atoms with Gasteiger partial charge in [0, 0.05) is 35.3 Å². The van der Waals surface area contributed by atoms with Crippen molar-refractivity contribution in [2.75, 3.05) is 0 Å². The summed E-state index contributed by atoms with van der Waals surface area (Å²) in [6, 6.07) is 15.7. The van der Waals surface area contributed by atoms with Gasteiger partial charge in [0.15, 0.2) is 0 Å². The average Bonchev–Trinajstić information content (AvgIpc) is 3.68. The molecular weight excluding hydrogens is 562 g/mol. The standard InChI is InChI=1S/C32H27ClF2N4O3/c1-2-32(10-11-32)18-39-28-15-20(30(40)41)5-8-27(28)37-29(39)14-19-3-7-23(25(35)13-19)26-9-12-36-31(38-26)42-17-21-4-6-22(33)16-24(21)34/h3-9,12-13,15-16H,2,10-11,14,17-18H2,1H3,(H,40,41). The highest BCUT2D eigenvalue weighted by Gasteiger charge is 2.41. The lowest BCUT2D eigenvalue weighted by atomic mass is 10.0. The third kappa shape index (κ3) is 5.69. The van der Waals surface area contributed by atoms with Gasteiger partial charge in [-0.2, -0.15) is 4.98 Å². The van der Waals surface area contributed by atoms with Crippen LogP contribution in [-0.4, -0.2) is 30.6 Å².